The number of halogens is 1. The van der Waals surface area contributed by atoms with Gasteiger partial charge in [-0.2, -0.15) is 0 Å². The van der Waals surface area contributed by atoms with E-state index in [1.165, 1.54) is 19.2 Å². The summed E-state index contributed by atoms with van der Waals surface area (Å²) in [5.74, 6) is -0.0590. The normalized spacial score (nSPS) is 11.5. The number of rotatable bonds is 8. The number of carbonyl (C=O) groups is 1. The fourth-order valence-electron chi connectivity index (χ4n) is 3.03. The zero-order valence-electron chi connectivity index (χ0n) is 17.3. The fourth-order valence-corrected chi connectivity index (χ4v) is 3.03. The molecule has 0 bridgehead atoms. The molecule has 1 heterocycles. The number of urea groups is 1. The third kappa shape index (κ3) is 5.86. The van der Waals surface area contributed by atoms with Crippen LogP contribution in [0.2, 0.25) is 0 Å². The van der Waals surface area contributed by atoms with Crippen molar-refractivity contribution < 1.29 is 13.9 Å². The van der Waals surface area contributed by atoms with Crippen LogP contribution in [-0.2, 0) is 11.3 Å². The van der Waals surface area contributed by atoms with Crippen LogP contribution in [0.1, 0.15) is 29.8 Å². The zero-order valence-corrected chi connectivity index (χ0v) is 17.3. The van der Waals surface area contributed by atoms with E-state index in [0.29, 0.717) is 22.6 Å². The number of pyridine rings is 1. The van der Waals surface area contributed by atoms with Crippen molar-refractivity contribution in [2.75, 3.05) is 17.7 Å². The van der Waals surface area contributed by atoms with Gasteiger partial charge in [0.05, 0.1) is 24.0 Å². The van der Waals surface area contributed by atoms with Crippen molar-refractivity contribution in [2.24, 2.45) is 0 Å². The fraction of sp³-hybridized carbons (Fsp3) is 0.174. The molecule has 0 fully saturated rings. The monoisotopic (exact) mass is 421 g/mol. The Labute approximate surface area is 180 Å². The van der Waals surface area contributed by atoms with E-state index in [9.17, 15) is 9.18 Å². The smallest absolute Gasteiger partial charge is 0.320 e. The molecule has 2 amide bonds. The molecule has 0 aliphatic carbocycles. The predicted octanol–water partition coefficient (Wildman–Crippen LogP) is 4.99. The number of carbonyl (C=O) groups excluding carboxylic acids is 1. The predicted molar refractivity (Wildman–Crippen MR) is 120 cm³/mol. The van der Waals surface area contributed by atoms with Gasteiger partial charge in [0.1, 0.15) is 11.6 Å². The quantitative estimate of drug-likeness (QED) is 0.385. The van der Waals surface area contributed by atoms with Gasteiger partial charge in [-0.1, -0.05) is 30.3 Å². The molecule has 0 aliphatic rings. The number of hydrogen-bond donors (Lipinski definition) is 4. The molecule has 8 heteroatoms. The van der Waals surface area contributed by atoms with Gasteiger partial charge in [-0.25, -0.2) is 14.2 Å². The lowest BCUT2D eigenvalue weighted by atomic mass is 10.1. The topological polar surface area (TPSA) is 99.1 Å². The van der Waals surface area contributed by atoms with Gasteiger partial charge in [-0.15, -0.1) is 0 Å². The van der Waals surface area contributed by atoms with Crippen LogP contribution in [0, 0.1) is 11.2 Å². The largest absolute Gasteiger partial charge is 0.378 e. The molecule has 4 N–H and O–H groups in total. The molecule has 3 aromatic rings. The number of benzene rings is 2. The Balaban J connectivity index is 1.80. The number of ether oxygens (including phenoxy) is 1. The molecule has 1 aromatic heterocycles. The van der Waals surface area contributed by atoms with Crippen LogP contribution in [0.5, 0.6) is 0 Å². The Morgan fingerprint density at radius 3 is 2.55 bits per heavy atom. The van der Waals surface area contributed by atoms with Gasteiger partial charge in [0.2, 0.25) is 0 Å². The highest BCUT2D eigenvalue weighted by molar-refractivity contribution is 5.93. The van der Waals surface area contributed by atoms with Gasteiger partial charge in [0, 0.05) is 24.6 Å². The van der Waals surface area contributed by atoms with Crippen molar-refractivity contribution in [3.63, 3.8) is 0 Å². The highest BCUT2D eigenvalue weighted by Gasteiger charge is 2.15. The highest BCUT2D eigenvalue weighted by atomic mass is 19.1. The van der Waals surface area contributed by atoms with E-state index < -0.39 is 6.03 Å². The number of nitrogens with one attached hydrogen (secondary N) is 4. The van der Waals surface area contributed by atoms with E-state index in [4.69, 9.17) is 10.1 Å². The molecule has 0 radical (unpaired) electrons. The first-order chi connectivity index (χ1) is 15.0. The minimum Gasteiger partial charge on any atom is -0.378 e. The van der Waals surface area contributed by atoms with E-state index in [1.54, 1.807) is 18.2 Å². The van der Waals surface area contributed by atoms with E-state index in [2.05, 4.69) is 20.9 Å². The second kappa shape index (κ2) is 10.3. The Bertz CT molecular complexity index is 1040. The summed E-state index contributed by atoms with van der Waals surface area (Å²) in [6.45, 7) is 2.04. The molecule has 0 aliphatic heterocycles. The third-order valence-corrected chi connectivity index (χ3v) is 4.56. The number of amides is 2. The summed E-state index contributed by atoms with van der Waals surface area (Å²) < 4.78 is 18.4. The van der Waals surface area contributed by atoms with Gasteiger partial charge in [0.25, 0.3) is 0 Å². The molecule has 160 valence electrons. The molecule has 3 rings (SSSR count). The maximum absolute atomic E-state index is 13.2. The number of hydrogen-bond acceptors (Lipinski definition) is 5. The second-order valence-corrected chi connectivity index (χ2v) is 6.86. The van der Waals surface area contributed by atoms with Crippen molar-refractivity contribution in [3.05, 3.63) is 83.3 Å². The maximum atomic E-state index is 13.2. The average molecular weight is 421 g/mol. The van der Waals surface area contributed by atoms with Crippen molar-refractivity contribution in [1.82, 2.24) is 10.3 Å². The van der Waals surface area contributed by atoms with Crippen molar-refractivity contribution in [2.45, 2.75) is 19.6 Å². The Kier molecular flexibility index (Phi) is 7.29. The van der Waals surface area contributed by atoms with E-state index >= 15 is 0 Å². The van der Waals surface area contributed by atoms with Gasteiger partial charge in [0.15, 0.2) is 0 Å². The van der Waals surface area contributed by atoms with Crippen molar-refractivity contribution in [1.29, 1.82) is 5.41 Å². The summed E-state index contributed by atoms with van der Waals surface area (Å²) in [6.07, 6.45) is 1.16. The van der Waals surface area contributed by atoms with Gasteiger partial charge in [-0.3, -0.25) is 5.32 Å². The molecule has 0 spiro atoms. The summed E-state index contributed by atoms with van der Waals surface area (Å²) in [4.78, 5) is 16.9. The SMILES string of the molecule is COCc1nc(NC(=O)N[C@H](C)c2ccccc2)cc(C=N)c1Nc1ccc(F)cc1. The standard InChI is InChI=1S/C23H24FN5O2/c1-15(16-6-4-3-5-7-16)26-23(30)29-21-12-17(13-25)22(20(28-21)14-31-2)27-19-10-8-18(24)9-11-19/h3-13,15,25,27H,14H2,1-2H3,(H2,26,28,29,30)/t15-/m1/s1. The molecule has 2 aromatic carbocycles. The van der Waals surface area contributed by atoms with Gasteiger partial charge < -0.3 is 20.8 Å². The molecular formula is C23H24FN5O2. The molecule has 1 atom stereocenters. The summed E-state index contributed by atoms with van der Waals surface area (Å²) >= 11 is 0. The van der Waals surface area contributed by atoms with Gasteiger partial charge in [-0.05, 0) is 42.8 Å². The molecule has 0 unspecified atom stereocenters. The number of methoxy groups -OCH3 is 1. The first-order valence-electron chi connectivity index (χ1n) is 9.68. The zero-order chi connectivity index (χ0) is 22.2. The Hall–Kier alpha value is -3.78. The van der Waals surface area contributed by atoms with Crippen LogP contribution in [0.25, 0.3) is 0 Å². The lowest BCUT2D eigenvalue weighted by Crippen LogP contribution is -2.31. The first kappa shape index (κ1) is 21.9. The van der Waals surface area contributed by atoms with Crippen LogP contribution in [0.4, 0.5) is 26.4 Å². The van der Waals surface area contributed by atoms with E-state index in [0.717, 1.165) is 11.8 Å². The molecule has 31 heavy (non-hydrogen) atoms. The minimum absolute atomic E-state index is 0.155. The Morgan fingerprint density at radius 2 is 1.90 bits per heavy atom. The molecule has 0 saturated heterocycles. The summed E-state index contributed by atoms with van der Waals surface area (Å²) in [7, 11) is 1.53. The number of aromatic nitrogens is 1. The lowest BCUT2D eigenvalue weighted by molar-refractivity contribution is 0.182. The summed E-state index contributed by atoms with van der Waals surface area (Å²) in [5, 5.41) is 16.5. The molecule has 0 saturated carbocycles. The number of anilines is 3. The van der Waals surface area contributed by atoms with Crippen LogP contribution in [-0.4, -0.2) is 24.3 Å². The van der Waals surface area contributed by atoms with Crippen LogP contribution in [0.3, 0.4) is 0 Å². The van der Waals surface area contributed by atoms with Crippen LogP contribution >= 0.6 is 0 Å². The summed E-state index contributed by atoms with van der Waals surface area (Å²) in [6, 6.07) is 16.4. The maximum Gasteiger partial charge on any atom is 0.320 e. The number of nitrogens with zero attached hydrogens (tertiary/aromatic N) is 1. The van der Waals surface area contributed by atoms with Crippen LogP contribution < -0.4 is 16.0 Å². The minimum atomic E-state index is -0.414. The third-order valence-electron chi connectivity index (χ3n) is 4.56. The van der Waals surface area contributed by atoms with Crippen LogP contribution in [0.15, 0.2) is 60.7 Å². The average Bonchev–Trinajstić information content (AvgIpc) is 2.77. The Morgan fingerprint density at radius 1 is 1.19 bits per heavy atom. The molecular weight excluding hydrogens is 397 g/mol. The lowest BCUT2D eigenvalue weighted by Gasteiger charge is -2.18. The second-order valence-electron chi connectivity index (χ2n) is 6.86. The highest BCUT2D eigenvalue weighted by Crippen LogP contribution is 2.27. The summed E-state index contributed by atoms with van der Waals surface area (Å²) in [5.41, 5.74) is 3.16. The first-order valence-corrected chi connectivity index (χ1v) is 9.68. The van der Waals surface area contributed by atoms with Gasteiger partial charge >= 0.3 is 6.03 Å². The van der Waals surface area contributed by atoms with Crippen molar-refractivity contribution in [3.8, 4) is 0 Å². The van der Waals surface area contributed by atoms with E-state index in [-0.39, 0.29) is 24.3 Å². The van der Waals surface area contributed by atoms with Crippen molar-refractivity contribution >= 4 is 29.4 Å². The molecule has 7 nitrogen and oxygen atoms in total. The van der Waals surface area contributed by atoms with E-state index in [1.807, 2.05) is 37.3 Å².